The SMILES string of the molecule is COc1ccc(N(C(N)=O)c2ccc3c(c2)CN(C)CC3)cc1Br. The topological polar surface area (TPSA) is 58.8 Å². The number of ether oxygens (including phenoxy) is 1. The van der Waals surface area contributed by atoms with E-state index in [2.05, 4.69) is 33.9 Å². The molecule has 0 bridgehead atoms. The monoisotopic (exact) mass is 389 g/mol. The number of anilines is 2. The van der Waals surface area contributed by atoms with Gasteiger partial charge < -0.3 is 15.4 Å². The van der Waals surface area contributed by atoms with Gasteiger partial charge in [-0.05, 0) is 70.9 Å². The third kappa shape index (κ3) is 3.25. The van der Waals surface area contributed by atoms with Gasteiger partial charge in [-0.15, -0.1) is 0 Å². The number of primary amides is 1. The van der Waals surface area contributed by atoms with E-state index in [4.69, 9.17) is 10.5 Å². The molecule has 2 amide bonds. The summed E-state index contributed by atoms with van der Waals surface area (Å²) in [6.07, 6.45) is 1.02. The van der Waals surface area contributed by atoms with Crippen molar-refractivity contribution < 1.29 is 9.53 Å². The van der Waals surface area contributed by atoms with Gasteiger partial charge in [0.25, 0.3) is 0 Å². The van der Waals surface area contributed by atoms with Gasteiger partial charge in [0.1, 0.15) is 5.75 Å². The number of rotatable bonds is 3. The van der Waals surface area contributed by atoms with Crippen LogP contribution in [0.1, 0.15) is 11.1 Å². The highest BCUT2D eigenvalue weighted by molar-refractivity contribution is 9.10. The van der Waals surface area contributed by atoms with E-state index in [0.29, 0.717) is 11.4 Å². The van der Waals surface area contributed by atoms with Crippen molar-refractivity contribution in [2.75, 3.05) is 25.6 Å². The van der Waals surface area contributed by atoms with E-state index in [-0.39, 0.29) is 0 Å². The third-order valence-electron chi connectivity index (χ3n) is 4.27. The summed E-state index contributed by atoms with van der Waals surface area (Å²) >= 11 is 3.45. The molecular weight excluding hydrogens is 370 g/mol. The number of likely N-dealkylation sites (N-methyl/N-ethyl adjacent to an activating group) is 1. The van der Waals surface area contributed by atoms with Crippen LogP contribution in [-0.2, 0) is 13.0 Å². The van der Waals surface area contributed by atoms with E-state index in [0.717, 1.165) is 29.7 Å². The number of nitrogens with zero attached hydrogens (tertiary/aromatic N) is 2. The first kappa shape index (κ1) is 16.8. The zero-order valence-corrected chi connectivity index (χ0v) is 15.3. The normalized spacial score (nSPS) is 14.1. The highest BCUT2D eigenvalue weighted by Crippen LogP contribution is 2.34. The largest absolute Gasteiger partial charge is 0.496 e. The smallest absolute Gasteiger partial charge is 0.323 e. The van der Waals surface area contributed by atoms with Gasteiger partial charge in [0.2, 0.25) is 0 Å². The third-order valence-corrected chi connectivity index (χ3v) is 4.88. The van der Waals surface area contributed by atoms with Gasteiger partial charge in [0, 0.05) is 13.1 Å². The van der Waals surface area contributed by atoms with Crippen molar-refractivity contribution in [3.63, 3.8) is 0 Å². The Kier molecular flexibility index (Phi) is 4.78. The van der Waals surface area contributed by atoms with Gasteiger partial charge in [-0.25, -0.2) is 4.79 Å². The van der Waals surface area contributed by atoms with Crippen molar-refractivity contribution in [1.82, 2.24) is 4.90 Å². The van der Waals surface area contributed by atoms with Gasteiger partial charge in [0.15, 0.2) is 0 Å². The Morgan fingerprint density at radius 1 is 1.21 bits per heavy atom. The molecule has 0 saturated heterocycles. The van der Waals surface area contributed by atoms with Crippen LogP contribution in [0.4, 0.5) is 16.2 Å². The summed E-state index contributed by atoms with van der Waals surface area (Å²) in [5, 5.41) is 0. The lowest BCUT2D eigenvalue weighted by atomic mass is 9.99. The van der Waals surface area contributed by atoms with Crippen molar-refractivity contribution >= 4 is 33.3 Å². The molecule has 0 aliphatic carbocycles. The molecule has 0 aromatic heterocycles. The Morgan fingerprint density at radius 3 is 2.58 bits per heavy atom. The summed E-state index contributed by atoms with van der Waals surface area (Å²) in [6.45, 7) is 1.93. The number of urea groups is 1. The molecule has 126 valence electrons. The fourth-order valence-corrected chi connectivity index (χ4v) is 3.55. The number of carbonyl (C=O) groups is 1. The standard InChI is InChI=1S/C18H20BrN3O2/c1-21-8-7-12-3-4-14(9-13(12)11-21)22(18(20)23)15-5-6-17(24-2)16(19)10-15/h3-6,9-10H,7-8,11H2,1-2H3,(H2,20,23). The average Bonchev–Trinajstić information content (AvgIpc) is 2.54. The maximum absolute atomic E-state index is 12.1. The van der Waals surface area contributed by atoms with E-state index in [1.807, 2.05) is 30.3 Å². The first-order valence-electron chi connectivity index (χ1n) is 7.73. The summed E-state index contributed by atoms with van der Waals surface area (Å²) in [4.78, 5) is 15.9. The molecule has 1 aliphatic heterocycles. The van der Waals surface area contributed by atoms with Crippen molar-refractivity contribution in [2.45, 2.75) is 13.0 Å². The van der Waals surface area contributed by atoms with Crippen LogP contribution >= 0.6 is 15.9 Å². The van der Waals surface area contributed by atoms with Crippen LogP contribution < -0.4 is 15.4 Å². The molecule has 0 fully saturated rings. The number of amides is 2. The Bertz CT molecular complexity index is 779. The molecule has 5 nitrogen and oxygen atoms in total. The van der Waals surface area contributed by atoms with E-state index in [1.165, 1.54) is 16.0 Å². The highest BCUT2D eigenvalue weighted by Gasteiger charge is 2.20. The fraction of sp³-hybridized carbons (Fsp3) is 0.278. The lowest BCUT2D eigenvalue weighted by Gasteiger charge is -2.27. The highest BCUT2D eigenvalue weighted by atomic mass is 79.9. The molecule has 3 rings (SSSR count). The minimum atomic E-state index is -0.517. The van der Waals surface area contributed by atoms with Gasteiger partial charge in [-0.2, -0.15) is 0 Å². The van der Waals surface area contributed by atoms with E-state index >= 15 is 0 Å². The molecule has 6 heteroatoms. The van der Waals surface area contributed by atoms with Crippen LogP contribution in [0.5, 0.6) is 5.75 Å². The van der Waals surface area contributed by atoms with Crippen molar-refractivity contribution in [3.05, 3.63) is 52.0 Å². The summed E-state index contributed by atoms with van der Waals surface area (Å²) in [7, 11) is 3.70. The molecule has 0 atom stereocenters. The van der Waals surface area contributed by atoms with Crippen molar-refractivity contribution in [2.24, 2.45) is 5.73 Å². The molecule has 0 unspecified atom stereocenters. The minimum Gasteiger partial charge on any atom is -0.496 e. The molecule has 2 aromatic rings. The number of carbonyl (C=O) groups excluding carboxylic acids is 1. The van der Waals surface area contributed by atoms with E-state index < -0.39 is 6.03 Å². The van der Waals surface area contributed by atoms with Crippen LogP contribution in [0.15, 0.2) is 40.9 Å². The maximum atomic E-state index is 12.1. The van der Waals surface area contributed by atoms with Crippen LogP contribution in [0.25, 0.3) is 0 Å². The number of halogens is 1. The minimum absolute atomic E-state index is 0.517. The van der Waals surface area contributed by atoms with Crippen LogP contribution in [-0.4, -0.2) is 31.6 Å². The second kappa shape index (κ2) is 6.83. The predicted octanol–water partition coefficient (Wildman–Crippen LogP) is 3.66. The molecule has 0 saturated carbocycles. The van der Waals surface area contributed by atoms with Gasteiger partial charge in [0.05, 0.1) is 23.0 Å². The quantitative estimate of drug-likeness (QED) is 0.870. The maximum Gasteiger partial charge on any atom is 0.323 e. The Balaban J connectivity index is 2.01. The lowest BCUT2D eigenvalue weighted by Crippen LogP contribution is -2.32. The van der Waals surface area contributed by atoms with Crippen LogP contribution in [0.3, 0.4) is 0 Å². The van der Waals surface area contributed by atoms with Gasteiger partial charge >= 0.3 is 6.03 Å². The average molecular weight is 390 g/mol. The zero-order valence-electron chi connectivity index (χ0n) is 13.8. The first-order valence-corrected chi connectivity index (χ1v) is 8.52. The number of benzene rings is 2. The molecule has 2 aromatic carbocycles. The Hall–Kier alpha value is -2.05. The number of hydrogen-bond acceptors (Lipinski definition) is 3. The zero-order chi connectivity index (χ0) is 17.3. The van der Waals surface area contributed by atoms with Gasteiger partial charge in [-0.3, -0.25) is 4.90 Å². The first-order chi connectivity index (χ1) is 11.5. The Labute approximate surface area is 150 Å². The molecule has 1 heterocycles. The van der Waals surface area contributed by atoms with Crippen molar-refractivity contribution in [1.29, 1.82) is 0 Å². The summed E-state index contributed by atoms with van der Waals surface area (Å²) < 4.78 is 6.01. The molecule has 2 N–H and O–H groups in total. The number of hydrogen-bond donors (Lipinski definition) is 1. The molecular formula is C18H20BrN3O2. The Morgan fingerprint density at radius 2 is 1.92 bits per heavy atom. The second-order valence-electron chi connectivity index (χ2n) is 5.93. The summed E-state index contributed by atoms with van der Waals surface area (Å²) in [5.41, 5.74) is 9.69. The number of nitrogens with two attached hydrogens (primary N) is 1. The lowest BCUT2D eigenvalue weighted by molar-refractivity contribution is 0.256. The number of methoxy groups -OCH3 is 1. The second-order valence-corrected chi connectivity index (χ2v) is 6.79. The van der Waals surface area contributed by atoms with Crippen molar-refractivity contribution in [3.8, 4) is 5.75 Å². The molecule has 24 heavy (non-hydrogen) atoms. The molecule has 1 aliphatic rings. The van der Waals surface area contributed by atoms with E-state index in [1.54, 1.807) is 7.11 Å². The van der Waals surface area contributed by atoms with Crippen LogP contribution in [0.2, 0.25) is 0 Å². The summed E-state index contributed by atoms with van der Waals surface area (Å²) in [6, 6.07) is 11.0. The molecule has 0 spiro atoms. The predicted molar refractivity (Wildman–Crippen MR) is 98.9 cm³/mol. The van der Waals surface area contributed by atoms with Gasteiger partial charge in [-0.1, -0.05) is 6.07 Å². The summed E-state index contributed by atoms with van der Waals surface area (Å²) in [5.74, 6) is 0.704. The van der Waals surface area contributed by atoms with Crippen LogP contribution in [0, 0.1) is 0 Å². The fourth-order valence-electron chi connectivity index (χ4n) is 3.02. The number of fused-ring (bicyclic) bond motifs is 1. The van der Waals surface area contributed by atoms with E-state index in [9.17, 15) is 4.79 Å². The molecule has 0 radical (unpaired) electrons.